The van der Waals surface area contributed by atoms with Gasteiger partial charge in [-0.25, -0.2) is 4.79 Å². The van der Waals surface area contributed by atoms with Crippen LogP contribution in [-0.2, 0) is 4.74 Å². The van der Waals surface area contributed by atoms with Crippen LogP contribution in [-0.4, -0.2) is 39.1 Å². The summed E-state index contributed by atoms with van der Waals surface area (Å²) >= 11 is 1.25. The van der Waals surface area contributed by atoms with E-state index in [1.807, 2.05) is 0 Å². The first-order valence-electron chi connectivity index (χ1n) is 6.88. The van der Waals surface area contributed by atoms with Crippen molar-refractivity contribution in [3.05, 3.63) is 10.4 Å². The molecule has 2 heterocycles. The average Bonchev–Trinajstić information content (AvgIpc) is 2.98. The number of carbonyl (C=O) groups excluding carboxylic acids is 2. The Hall–Kier alpha value is -1.76. The van der Waals surface area contributed by atoms with E-state index in [0.717, 1.165) is 18.1 Å². The fourth-order valence-electron chi connectivity index (χ4n) is 2.53. The second-order valence-electron chi connectivity index (χ2n) is 5.46. The van der Waals surface area contributed by atoms with Crippen LogP contribution >= 0.6 is 11.3 Å². The first-order chi connectivity index (χ1) is 9.90. The first kappa shape index (κ1) is 15.6. The van der Waals surface area contributed by atoms with Crippen molar-refractivity contribution in [3.63, 3.8) is 0 Å². The van der Waals surface area contributed by atoms with E-state index in [-0.39, 0.29) is 11.6 Å². The number of nitrogens with one attached hydrogen (secondary N) is 1. The fraction of sp³-hybridized carbons (Fsp3) is 0.571. The maximum atomic E-state index is 12.0. The van der Waals surface area contributed by atoms with Crippen molar-refractivity contribution in [2.75, 3.05) is 37.9 Å². The van der Waals surface area contributed by atoms with Crippen LogP contribution in [0.3, 0.4) is 0 Å². The van der Waals surface area contributed by atoms with E-state index < -0.39 is 5.97 Å². The number of methoxy groups -OCH3 is 1. The summed E-state index contributed by atoms with van der Waals surface area (Å²) in [5, 5.41) is 3.28. The van der Waals surface area contributed by atoms with Gasteiger partial charge in [0.1, 0.15) is 15.4 Å². The Morgan fingerprint density at radius 3 is 2.38 bits per heavy atom. The Morgan fingerprint density at radius 2 is 1.90 bits per heavy atom. The van der Waals surface area contributed by atoms with Gasteiger partial charge < -0.3 is 20.7 Å². The van der Waals surface area contributed by atoms with E-state index in [9.17, 15) is 9.59 Å². The van der Waals surface area contributed by atoms with Crippen LogP contribution in [0.15, 0.2) is 0 Å². The molecule has 2 unspecified atom stereocenters. The van der Waals surface area contributed by atoms with Gasteiger partial charge in [0.05, 0.1) is 12.8 Å². The number of nitrogen functional groups attached to an aromatic ring is 1. The number of rotatable bonds is 3. The number of nitrogens with two attached hydrogens (primary N) is 1. The third-order valence-electron chi connectivity index (χ3n) is 4.02. The monoisotopic (exact) mass is 311 g/mol. The van der Waals surface area contributed by atoms with E-state index in [1.165, 1.54) is 18.4 Å². The van der Waals surface area contributed by atoms with Gasteiger partial charge in [-0.15, -0.1) is 11.3 Å². The van der Waals surface area contributed by atoms with Crippen molar-refractivity contribution in [1.29, 1.82) is 0 Å². The minimum Gasteiger partial charge on any atom is -0.465 e. The highest BCUT2D eigenvalue weighted by molar-refractivity contribution is 7.19. The molecule has 1 aliphatic heterocycles. The molecule has 7 heteroatoms. The zero-order valence-corrected chi connectivity index (χ0v) is 13.5. The van der Waals surface area contributed by atoms with Crippen LogP contribution in [0, 0.1) is 11.8 Å². The Morgan fingerprint density at radius 1 is 1.33 bits per heavy atom. The average molecular weight is 311 g/mol. The van der Waals surface area contributed by atoms with Crippen LogP contribution in [0.5, 0.6) is 0 Å². The van der Waals surface area contributed by atoms with Gasteiger partial charge in [0.25, 0.3) is 5.91 Å². The largest absolute Gasteiger partial charge is 0.465 e. The molecule has 0 aromatic carbocycles. The van der Waals surface area contributed by atoms with Crippen LogP contribution < -0.4 is 16.0 Å². The van der Waals surface area contributed by atoms with Crippen molar-refractivity contribution in [2.24, 2.45) is 11.8 Å². The van der Waals surface area contributed by atoms with E-state index >= 15 is 0 Å². The lowest BCUT2D eigenvalue weighted by Crippen LogP contribution is -2.21. The number of esters is 1. The third kappa shape index (κ3) is 2.70. The quantitative estimate of drug-likeness (QED) is 0.828. The molecule has 2 rings (SSSR count). The van der Waals surface area contributed by atoms with Gasteiger partial charge in [-0.2, -0.15) is 0 Å². The van der Waals surface area contributed by atoms with Crippen LogP contribution in [0.2, 0.25) is 0 Å². The lowest BCUT2D eigenvalue weighted by molar-refractivity contribution is 0.0603. The molecule has 1 fully saturated rings. The third-order valence-corrected chi connectivity index (χ3v) is 5.29. The number of ether oxygens (including phenoxy) is 1. The van der Waals surface area contributed by atoms with Gasteiger partial charge in [-0.05, 0) is 11.8 Å². The Balaban J connectivity index is 2.49. The topological polar surface area (TPSA) is 84.7 Å². The smallest absolute Gasteiger partial charge is 0.343 e. The summed E-state index contributed by atoms with van der Waals surface area (Å²) in [6.07, 6.45) is 0. The van der Waals surface area contributed by atoms with Gasteiger partial charge in [0.15, 0.2) is 0 Å². The van der Waals surface area contributed by atoms with Gasteiger partial charge in [0.2, 0.25) is 0 Å². The van der Waals surface area contributed by atoms with Crippen molar-refractivity contribution in [1.82, 2.24) is 5.32 Å². The van der Waals surface area contributed by atoms with E-state index in [1.54, 1.807) is 7.05 Å². The van der Waals surface area contributed by atoms with E-state index in [2.05, 4.69) is 24.1 Å². The fourth-order valence-corrected chi connectivity index (χ4v) is 3.70. The highest BCUT2D eigenvalue weighted by Gasteiger charge is 2.33. The highest BCUT2D eigenvalue weighted by Crippen LogP contribution is 2.41. The Labute approximate surface area is 128 Å². The SMILES string of the molecule is CNC(=O)c1sc(N2CC(C)C(C)C2)c(C(=O)OC)c1N. The number of carbonyl (C=O) groups is 2. The van der Waals surface area contributed by atoms with Crippen LogP contribution in [0.25, 0.3) is 0 Å². The second-order valence-corrected chi connectivity index (χ2v) is 6.45. The second kappa shape index (κ2) is 5.93. The number of thiophene rings is 1. The Kier molecular flexibility index (Phi) is 4.41. The zero-order valence-electron chi connectivity index (χ0n) is 12.7. The molecule has 1 saturated heterocycles. The molecule has 3 N–H and O–H groups in total. The summed E-state index contributed by atoms with van der Waals surface area (Å²) in [4.78, 5) is 26.4. The maximum absolute atomic E-state index is 12.0. The predicted molar refractivity (Wildman–Crippen MR) is 84.0 cm³/mol. The normalized spacial score (nSPS) is 21.4. The molecule has 0 saturated carbocycles. The van der Waals surface area contributed by atoms with Gasteiger partial charge in [-0.1, -0.05) is 13.8 Å². The summed E-state index contributed by atoms with van der Waals surface area (Å²) in [5.41, 5.74) is 6.53. The summed E-state index contributed by atoms with van der Waals surface area (Å²) in [5.74, 6) is 0.278. The molecule has 116 valence electrons. The molecule has 0 bridgehead atoms. The number of hydrogen-bond donors (Lipinski definition) is 2. The van der Waals surface area contributed by atoms with Crippen molar-refractivity contribution < 1.29 is 14.3 Å². The van der Waals surface area contributed by atoms with Crippen molar-refractivity contribution >= 4 is 33.9 Å². The molecule has 0 spiro atoms. The zero-order chi connectivity index (χ0) is 15.7. The summed E-state index contributed by atoms with van der Waals surface area (Å²) in [6.45, 7) is 6.05. The minimum atomic E-state index is -0.499. The molecule has 6 nitrogen and oxygen atoms in total. The molecular weight excluding hydrogens is 290 g/mol. The van der Waals surface area contributed by atoms with Crippen molar-refractivity contribution in [3.8, 4) is 0 Å². The first-order valence-corrected chi connectivity index (χ1v) is 7.69. The summed E-state index contributed by atoms with van der Waals surface area (Å²) < 4.78 is 4.83. The van der Waals surface area contributed by atoms with E-state index in [0.29, 0.717) is 22.3 Å². The predicted octanol–water partition coefficient (Wildman–Crippen LogP) is 1.57. The maximum Gasteiger partial charge on any atom is 0.343 e. The Bertz CT molecular complexity index is 560. The van der Waals surface area contributed by atoms with Gasteiger partial charge >= 0.3 is 5.97 Å². The molecule has 0 radical (unpaired) electrons. The lowest BCUT2D eigenvalue weighted by atomic mass is 10.0. The molecule has 2 atom stereocenters. The molecular formula is C14H21N3O3S. The van der Waals surface area contributed by atoms with E-state index in [4.69, 9.17) is 10.5 Å². The number of hydrogen-bond acceptors (Lipinski definition) is 6. The summed E-state index contributed by atoms with van der Waals surface area (Å²) in [6, 6.07) is 0. The molecule has 1 aromatic rings. The van der Waals surface area contributed by atoms with Gasteiger partial charge in [0, 0.05) is 20.1 Å². The molecule has 1 amide bonds. The van der Waals surface area contributed by atoms with Crippen LogP contribution in [0.4, 0.5) is 10.7 Å². The molecule has 1 aliphatic rings. The van der Waals surface area contributed by atoms with Gasteiger partial charge in [-0.3, -0.25) is 4.79 Å². The number of nitrogens with zero attached hydrogens (tertiary/aromatic N) is 1. The molecule has 0 aliphatic carbocycles. The number of amides is 1. The standard InChI is InChI=1S/C14H21N3O3S/c1-7-5-17(6-8(7)2)13-9(14(19)20-4)10(15)11(21-13)12(18)16-3/h7-8H,5-6,15H2,1-4H3,(H,16,18). The minimum absolute atomic E-state index is 0.202. The molecule has 21 heavy (non-hydrogen) atoms. The lowest BCUT2D eigenvalue weighted by Gasteiger charge is -2.17. The summed E-state index contributed by atoms with van der Waals surface area (Å²) in [7, 11) is 2.86. The van der Waals surface area contributed by atoms with Crippen molar-refractivity contribution in [2.45, 2.75) is 13.8 Å². The molecule has 1 aromatic heterocycles. The van der Waals surface area contributed by atoms with Crippen LogP contribution in [0.1, 0.15) is 33.9 Å². The highest BCUT2D eigenvalue weighted by atomic mass is 32.1. The number of anilines is 2.